The Kier molecular flexibility index (Phi) is 8.79. The molecular formula is C19H31NO4. The lowest BCUT2D eigenvalue weighted by atomic mass is 10.0. The van der Waals surface area contributed by atoms with Crippen LogP contribution in [0.3, 0.4) is 0 Å². The van der Waals surface area contributed by atoms with Crippen LogP contribution in [0.15, 0.2) is 24.3 Å². The minimum atomic E-state index is -0.859. The van der Waals surface area contributed by atoms with Crippen LogP contribution in [0, 0.1) is 11.8 Å². The van der Waals surface area contributed by atoms with E-state index < -0.39 is 18.1 Å². The molecule has 0 unspecified atom stereocenters. The van der Waals surface area contributed by atoms with Crippen molar-refractivity contribution < 1.29 is 19.7 Å². The molecule has 2 atom stereocenters. The number of hydrogen-bond donors (Lipinski definition) is 3. The van der Waals surface area contributed by atoms with Gasteiger partial charge in [0.15, 0.2) is 0 Å². The van der Waals surface area contributed by atoms with Crippen molar-refractivity contribution in [3.05, 3.63) is 29.8 Å². The molecule has 0 radical (unpaired) electrons. The van der Waals surface area contributed by atoms with Crippen LogP contribution in [0.1, 0.15) is 52.2 Å². The zero-order valence-corrected chi connectivity index (χ0v) is 15.2. The Bertz CT molecular complexity index is 485. The third kappa shape index (κ3) is 7.32. The number of aliphatic carboxylic acids is 1. The van der Waals surface area contributed by atoms with Crippen molar-refractivity contribution in [1.82, 2.24) is 5.32 Å². The molecular weight excluding hydrogens is 306 g/mol. The van der Waals surface area contributed by atoms with Gasteiger partial charge in [0.05, 0.1) is 12.7 Å². The lowest BCUT2D eigenvalue weighted by Gasteiger charge is -2.19. The van der Waals surface area contributed by atoms with Crippen LogP contribution in [0.4, 0.5) is 0 Å². The lowest BCUT2D eigenvalue weighted by Crippen LogP contribution is -2.41. The number of aliphatic hydroxyl groups is 1. The first-order valence-corrected chi connectivity index (χ1v) is 8.68. The number of rotatable bonds is 11. The average molecular weight is 337 g/mol. The van der Waals surface area contributed by atoms with Crippen LogP contribution in [0.2, 0.25) is 0 Å². The van der Waals surface area contributed by atoms with Gasteiger partial charge in [-0.05, 0) is 48.9 Å². The van der Waals surface area contributed by atoms with Crippen molar-refractivity contribution in [2.75, 3.05) is 13.2 Å². The van der Waals surface area contributed by atoms with Gasteiger partial charge >= 0.3 is 5.97 Å². The van der Waals surface area contributed by atoms with Gasteiger partial charge in [-0.2, -0.15) is 0 Å². The predicted octanol–water partition coefficient (Wildman–Crippen LogP) is 3.23. The third-order valence-corrected chi connectivity index (χ3v) is 3.94. The maximum absolute atomic E-state index is 11.1. The zero-order valence-electron chi connectivity index (χ0n) is 15.2. The Hall–Kier alpha value is -1.59. The van der Waals surface area contributed by atoms with Crippen molar-refractivity contribution in [2.24, 2.45) is 11.8 Å². The van der Waals surface area contributed by atoms with Crippen LogP contribution in [-0.2, 0) is 4.79 Å². The quantitative estimate of drug-likeness (QED) is 0.578. The molecule has 0 aliphatic heterocycles. The predicted molar refractivity (Wildman–Crippen MR) is 95.2 cm³/mol. The van der Waals surface area contributed by atoms with Crippen molar-refractivity contribution in [3.8, 4) is 5.75 Å². The molecule has 5 heteroatoms. The van der Waals surface area contributed by atoms with E-state index in [-0.39, 0.29) is 5.92 Å². The molecule has 0 aliphatic carbocycles. The summed E-state index contributed by atoms with van der Waals surface area (Å²) in [5.74, 6) is 0.554. The van der Waals surface area contributed by atoms with Crippen LogP contribution in [0.25, 0.3) is 0 Å². The summed E-state index contributed by atoms with van der Waals surface area (Å²) < 4.78 is 5.66. The molecule has 0 spiro atoms. The number of carboxylic acid groups (broad SMARTS) is 1. The molecule has 0 saturated carbocycles. The van der Waals surface area contributed by atoms with Gasteiger partial charge in [0.25, 0.3) is 0 Å². The van der Waals surface area contributed by atoms with Crippen LogP contribution >= 0.6 is 0 Å². The van der Waals surface area contributed by atoms with Gasteiger partial charge in [0.1, 0.15) is 11.8 Å². The van der Waals surface area contributed by atoms with Gasteiger partial charge in [-0.25, -0.2) is 0 Å². The molecule has 1 aromatic rings. The highest BCUT2D eigenvalue weighted by Gasteiger charge is 2.20. The molecule has 1 aromatic carbocycles. The summed E-state index contributed by atoms with van der Waals surface area (Å²) in [5, 5.41) is 22.3. The normalized spacial score (nSPS) is 14.0. The van der Waals surface area contributed by atoms with Gasteiger partial charge in [-0.15, -0.1) is 0 Å². The minimum absolute atomic E-state index is 0.00177. The summed E-state index contributed by atoms with van der Waals surface area (Å²) in [6.45, 7) is 9.18. The molecule has 0 aliphatic rings. The summed E-state index contributed by atoms with van der Waals surface area (Å²) >= 11 is 0. The molecule has 0 bridgehead atoms. The molecule has 0 aromatic heterocycles. The molecule has 136 valence electrons. The Labute approximate surface area is 145 Å². The lowest BCUT2D eigenvalue weighted by molar-refractivity contribution is -0.140. The number of hydrogen-bond acceptors (Lipinski definition) is 4. The number of aliphatic hydroxyl groups excluding tert-OH is 1. The number of ether oxygens (including phenoxy) is 1. The van der Waals surface area contributed by atoms with Gasteiger partial charge in [-0.1, -0.05) is 39.8 Å². The number of benzene rings is 1. The van der Waals surface area contributed by atoms with Gasteiger partial charge in [0, 0.05) is 0 Å². The molecule has 5 nitrogen and oxygen atoms in total. The van der Waals surface area contributed by atoms with Gasteiger partial charge in [-0.3, -0.25) is 4.79 Å². The molecule has 0 fully saturated rings. The Morgan fingerprint density at radius 2 is 1.75 bits per heavy atom. The van der Waals surface area contributed by atoms with Crippen molar-refractivity contribution in [3.63, 3.8) is 0 Å². The second-order valence-corrected chi connectivity index (χ2v) is 6.92. The molecule has 1 rings (SSSR count). The van der Waals surface area contributed by atoms with E-state index in [4.69, 9.17) is 9.84 Å². The average Bonchev–Trinajstić information content (AvgIpc) is 2.50. The van der Waals surface area contributed by atoms with Gasteiger partial charge < -0.3 is 20.3 Å². The highest BCUT2D eigenvalue weighted by molar-refractivity contribution is 5.73. The molecule has 0 saturated heterocycles. The SMILES string of the molecule is CC(C)CCOc1ccc([C@H](O)CCN[C@H](C(=O)O)C(C)C)cc1. The minimum Gasteiger partial charge on any atom is -0.494 e. The van der Waals surface area contributed by atoms with Crippen molar-refractivity contribution in [1.29, 1.82) is 0 Å². The summed E-state index contributed by atoms with van der Waals surface area (Å²) in [4.78, 5) is 11.1. The van der Waals surface area contributed by atoms with E-state index in [9.17, 15) is 9.90 Å². The summed E-state index contributed by atoms with van der Waals surface area (Å²) in [6.07, 6.45) is 0.851. The first-order valence-electron chi connectivity index (χ1n) is 8.68. The Balaban J connectivity index is 2.42. The maximum Gasteiger partial charge on any atom is 0.320 e. The number of carbonyl (C=O) groups is 1. The van der Waals surface area contributed by atoms with E-state index >= 15 is 0 Å². The van der Waals surface area contributed by atoms with Crippen LogP contribution in [0.5, 0.6) is 5.75 Å². The second-order valence-electron chi connectivity index (χ2n) is 6.92. The summed E-state index contributed by atoms with van der Waals surface area (Å²) in [7, 11) is 0. The Morgan fingerprint density at radius 1 is 1.12 bits per heavy atom. The maximum atomic E-state index is 11.1. The van der Waals surface area contributed by atoms with Crippen molar-refractivity contribution in [2.45, 2.75) is 52.7 Å². The zero-order chi connectivity index (χ0) is 18.1. The molecule has 3 N–H and O–H groups in total. The molecule has 24 heavy (non-hydrogen) atoms. The van der Waals surface area contributed by atoms with Crippen molar-refractivity contribution >= 4 is 5.97 Å². The van der Waals surface area contributed by atoms with E-state index in [0.29, 0.717) is 25.5 Å². The summed E-state index contributed by atoms with van der Waals surface area (Å²) in [6, 6.07) is 6.84. The second kappa shape index (κ2) is 10.3. The van der Waals surface area contributed by atoms with E-state index in [1.807, 2.05) is 38.1 Å². The fourth-order valence-corrected chi connectivity index (χ4v) is 2.35. The first kappa shape index (κ1) is 20.5. The monoisotopic (exact) mass is 337 g/mol. The molecule has 0 heterocycles. The fourth-order valence-electron chi connectivity index (χ4n) is 2.35. The van der Waals surface area contributed by atoms with E-state index in [1.165, 1.54) is 0 Å². The number of carboxylic acids is 1. The van der Waals surface area contributed by atoms with E-state index in [0.717, 1.165) is 17.7 Å². The van der Waals surface area contributed by atoms with E-state index in [2.05, 4.69) is 19.2 Å². The Morgan fingerprint density at radius 3 is 2.25 bits per heavy atom. The smallest absolute Gasteiger partial charge is 0.320 e. The van der Waals surface area contributed by atoms with E-state index in [1.54, 1.807) is 0 Å². The highest BCUT2D eigenvalue weighted by atomic mass is 16.5. The topological polar surface area (TPSA) is 78.8 Å². The number of nitrogens with one attached hydrogen (secondary N) is 1. The fraction of sp³-hybridized carbons (Fsp3) is 0.632. The first-order chi connectivity index (χ1) is 11.3. The molecule has 0 amide bonds. The largest absolute Gasteiger partial charge is 0.494 e. The summed E-state index contributed by atoms with van der Waals surface area (Å²) in [5.41, 5.74) is 0.810. The van der Waals surface area contributed by atoms with Crippen LogP contribution < -0.4 is 10.1 Å². The standard InChI is InChI=1S/C19H31NO4/c1-13(2)10-12-24-16-7-5-15(6-8-16)17(21)9-11-20-18(14(3)4)19(22)23/h5-8,13-14,17-18,20-21H,9-12H2,1-4H3,(H,22,23)/t17-,18+/m1/s1. The highest BCUT2D eigenvalue weighted by Crippen LogP contribution is 2.20. The van der Waals surface area contributed by atoms with Crippen LogP contribution in [-0.4, -0.2) is 35.4 Å². The van der Waals surface area contributed by atoms with Gasteiger partial charge in [0.2, 0.25) is 0 Å². The third-order valence-electron chi connectivity index (χ3n) is 3.94.